The van der Waals surface area contributed by atoms with Crippen molar-refractivity contribution in [1.29, 1.82) is 0 Å². The van der Waals surface area contributed by atoms with Crippen molar-refractivity contribution in [2.75, 3.05) is 6.61 Å². The van der Waals surface area contributed by atoms with E-state index in [9.17, 15) is 8.78 Å². The second-order valence-electron chi connectivity index (χ2n) is 3.68. The summed E-state index contributed by atoms with van der Waals surface area (Å²) in [6.07, 6.45) is 2.11. The summed E-state index contributed by atoms with van der Waals surface area (Å²) < 4.78 is 26.0. The average Bonchev–Trinajstić information content (AvgIpc) is 2.29. The van der Waals surface area contributed by atoms with E-state index in [1.54, 1.807) is 18.3 Å². The number of benzene rings is 1. The molecule has 0 aliphatic carbocycles. The zero-order chi connectivity index (χ0) is 12.3. The molecule has 0 atom stereocenters. The molecule has 1 aromatic heterocycles. The van der Waals surface area contributed by atoms with Gasteiger partial charge in [-0.05, 0) is 30.2 Å². The predicted molar refractivity (Wildman–Crippen MR) is 60.4 cm³/mol. The molecule has 0 aliphatic rings. The van der Waals surface area contributed by atoms with Crippen molar-refractivity contribution in [1.82, 2.24) is 4.98 Å². The topological polar surface area (TPSA) is 33.1 Å². The Balaban J connectivity index is 2.32. The van der Waals surface area contributed by atoms with Crippen LogP contribution in [0.4, 0.5) is 8.78 Å². The molecule has 0 radical (unpaired) electrons. The Morgan fingerprint density at radius 3 is 2.29 bits per heavy atom. The highest BCUT2D eigenvalue weighted by molar-refractivity contribution is 5.59. The highest BCUT2D eigenvalue weighted by atomic mass is 19.1. The standard InChI is InChI=1S/C13H11F2NO/c14-11-5-10(6-12(15)7-11)13-2-1-9(3-4-17)8-16-13/h1-2,5-8,17H,3-4H2. The molecule has 0 saturated carbocycles. The number of hydrogen-bond acceptors (Lipinski definition) is 2. The first kappa shape index (κ1) is 11.7. The third-order valence-corrected chi connectivity index (χ3v) is 2.38. The number of hydrogen-bond donors (Lipinski definition) is 1. The maximum absolute atomic E-state index is 13.0. The molecular weight excluding hydrogens is 224 g/mol. The summed E-state index contributed by atoms with van der Waals surface area (Å²) >= 11 is 0. The lowest BCUT2D eigenvalue weighted by molar-refractivity contribution is 0.299. The third kappa shape index (κ3) is 2.85. The second-order valence-corrected chi connectivity index (χ2v) is 3.68. The molecule has 17 heavy (non-hydrogen) atoms. The van der Waals surface area contributed by atoms with Gasteiger partial charge in [-0.25, -0.2) is 8.78 Å². The van der Waals surface area contributed by atoms with Gasteiger partial charge in [-0.1, -0.05) is 6.07 Å². The van der Waals surface area contributed by atoms with Crippen LogP contribution in [0.3, 0.4) is 0 Å². The molecule has 1 heterocycles. The maximum atomic E-state index is 13.0. The van der Waals surface area contributed by atoms with Crippen LogP contribution in [-0.4, -0.2) is 16.7 Å². The van der Waals surface area contributed by atoms with E-state index in [-0.39, 0.29) is 6.61 Å². The van der Waals surface area contributed by atoms with Gasteiger partial charge in [-0.3, -0.25) is 4.98 Å². The van der Waals surface area contributed by atoms with Crippen molar-refractivity contribution < 1.29 is 13.9 Å². The number of pyridine rings is 1. The van der Waals surface area contributed by atoms with Crippen LogP contribution < -0.4 is 0 Å². The maximum Gasteiger partial charge on any atom is 0.126 e. The Morgan fingerprint density at radius 1 is 1.06 bits per heavy atom. The smallest absolute Gasteiger partial charge is 0.126 e. The minimum Gasteiger partial charge on any atom is -0.396 e. The van der Waals surface area contributed by atoms with E-state index in [1.165, 1.54) is 12.1 Å². The summed E-state index contributed by atoms with van der Waals surface area (Å²) in [5, 5.41) is 8.75. The zero-order valence-electron chi connectivity index (χ0n) is 9.03. The summed E-state index contributed by atoms with van der Waals surface area (Å²) in [6.45, 7) is 0.0512. The molecule has 2 rings (SSSR count). The van der Waals surface area contributed by atoms with Crippen LogP contribution in [0.1, 0.15) is 5.56 Å². The molecule has 2 nitrogen and oxygen atoms in total. The van der Waals surface area contributed by atoms with E-state index in [0.29, 0.717) is 17.7 Å². The lowest BCUT2D eigenvalue weighted by Gasteiger charge is -2.03. The van der Waals surface area contributed by atoms with Crippen LogP contribution in [0.15, 0.2) is 36.5 Å². The van der Waals surface area contributed by atoms with Gasteiger partial charge in [-0.2, -0.15) is 0 Å². The molecule has 88 valence electrons. The van der Waals surface area contributed by atoms with Gasteiger partial charge >= 0.3 is 0 Å². The van der Waals surface area contributed by atoms with Crippen molar-refractivity contribution in [2.45, 2.75) is 6.42 Å². The van der Waals surface area contributed by atoms with Gasteiger partial charge in [0.2, 0.25) is 0 Å². The first-order valence-corrected chi connectivity index (χ1v) is 5.21. The molecule has 2 aromatic rings. The third-order valence-electron chi connectivity index (χ3n) is 2.38. The summed E-state index contributed by atoms with van der Waals surface area (Å²) in [4.78, 5) is 4.11. The van der Waals surface area contributed by atoms with Crippen molar-refractivity contribution in [3.05, 3.63) is 53.7 Å². The van der Waals surface area contributed by atoms with Gasteiger partial charge in [0.05, 0.1) is 5.69 Å². The monoisotopic (exact) mass is 235 g/mol. The van der Waals surface area contributed by atoms with Gasteiger partial charge in [0.25, 0.3) is 0 Å². The van der Waals surface area contributed by atoms with E-state index < -0.39 is 11.6 Å². The van der Waals surface area contributed by atoms with Crippen LogP contribution in [-0.2, 0) is 6.42 Å². The SMILES string of the molecule is OCCc1ccc(-c2cc(F)cc(F)c2)nc1. The number of aliphatic hydroxyl groups excluding tert-OH is 1. The molecule has 0 aliphatic heterocycles. The number of rotatable bonds is 3. The van der Waals surface area contributed by atoms with Crippen LogP contribution in [0.25, 0.3) is 11.3 Å². The molecule has 4 heteroatoms. The van der Waals surface area contributed by atoms with E-state index in [1.807, 2.05) is 0 Å². The number of aliphatic hydroxyl groups is 1. The second kappa shape index (κ2) is 5.01. The molecule has 0 unspecified atom stereocenters. The molecule has 1 N–H and O–H groups in total. The largest absolute Gasteiger partial charge is 0.396 e. The number of halogens is 2. The normalized spacial score (nSPS) is 10.5. The van der Waals surface area contributed by atoms with Crippen molar-refractivity contribution in [3.63, 3.8) is 0 Å². The molecule has 1 aromatic carbocycles. The van der Waals surface area contributed by atoms with Gasteiger partial charge in [0, 0.05) is 24.4 Å². The van der Waals surface area contributed by atoms with Gasteiger partial charge in [0.15, 0.2) is 0 Å². The summed E-state index contributed by atoms with van der Waals surface area (Å²) in [5.74, 6) is -1.25. The lowest BCUT2D eigenvalue weighted by Crippen LogP contribution is -1.93. The van der Waals surface area contributed by atoms with Crippen LogP contribution >= 0.6 is 0 Å². The minimum atomic E-state index is -0.624. The molecule has 0 bridgehead atoms. The van der Waals surface area contributed by atoms with Crippen LogP contribution in [0.2, 0.25) is 0 Å². The van der Waals surface area contributed by atoms with Crippen molar-refractivity contribution in [2.24, 2.45) is 0 Å². The quantitative estimate of drug-likeness (QED) is 0.886. The summed E-state index contributed by atoms with van der Waals surface area (Å²) in [5.41, 5.74) is 1.79. The highest BCUT2D eigenvalue weighted by Crippen LogP contribution is 2.19. The summed E-state index contributed by atoms with van der Waals surface area (Å²) in [7, 11) is 0. The summed E-state index contributed by atoms with van der Waals surface area (Å²) in [6, 6.07) is 6.75. The van der Waals surface area contributed by atoms with Crippen LogP contribution in [0, 0.1) is 11.6 Å². The number of nitrogens with zero attached hydrogens (tertiary/aromatic N) is 1. The molecule has 0 spiro atoms. The molecule has 0 saturated heterocycles. The van der Waals surface area contributed by atoms with Crippen LogP contribution in [0.5, 0.6) is 0 Å². The van der Waals surface area contributed by atoms with Crippen molar-refractivity contribution in [3.8, 4) is 11.3 Å². The Hall–Kier alpha value is -1.81. The zero-order valence-corrected chi connectivity index (χ0v) is 9.03. The van der Waals surface area contributed by atoms with Gasteiger partial charge in [0.1, 0.15) is 11.6 Å². The fourth-order valence-electron chi connectivity index (χ4n) is 1.57. The van der Waals surface area contributed by atoms with E-state index in [2.05, 4.69) is 4.98 Å². The minimum absolute atomic E-state index is 0.0512. The first-order chi connectivity index (χ1) is 8.19. The Labute approximate surface area is 97.6 Å². The number of aromatic nitrogens is 1. The molecule has 0 fully saturated rings. The Bertz CT molecular complexity index is 491. The van der Waals surface area contributed by atoms with E-state index in [4.69, 9.17) is 5.11 Å². The van der Waals surface area contributed by atoms with E-state index >= 15 is 0 Å². The Morgan fingerprint density at radius 2 is 1.76 bits per heavy atom. The fraction of sp³-hybridized carbons (Fsp3) is 0.154. The molecule has 0 amide bonds. The highest BCUT2D eigenvalue weighted by Gasteiger charge is 2.04. The van der Waals surface area contributed by atoms with Crippen molar-refractivity contribution >= 4 is 0 Å². The first-order valence-electron chi connectivity index (χ1n) is 5.21. The Kier molecular flexibility index (Phi) is 3.44. The average molecular weight is 235 g/mol. The fourth-order valence-corrected chi connectivity index (χ4v) is 1.57. The van der Waals surface area contributed by atoms with Gasteiger partial charge in [-0.15, -0.1) is 0 Å². The van der Waals surface area contributed by atoms with Gasteiger partial charge < -0.3 is 5.11 Å². The molecular formula is C13H11F2NO. The lowest BCUT2D eigenvalue weighted by atomic mass is 10.1. The van der Waals surface area contributed by atoms with E-state index in [0.717, 1.165) is 11.6 Å². The predicted octanol–water partition coefficient (Wildman–Crippen LogP) is 2.56.